The fourth-order valence-corrected chi connectivity index (χ4v) is 4.91. The van der Waals surface area contributed by atoms with Gasteiger partial charge in [-0.05, 0) is 48.9 Å². The first kappa shape index (κ1) is 22.5. The summed E-state index contributed by atoms with van der Waals surface area (Å²) in [5, 5.41) is 3.01. The number of hydrogen-bond acceptors (Lipinski definition) is 6. The first-order chi connectivity index (χ1) is 15.5. The largest absolute Gasteiger partial charge is 0.331 e. The molecule has 0 aliphatic rings. The summed E-state index contributed by atoms with van der Waals surface area (Å²) in [7, 11) is 0. The Morgan fingerprint density at radius 2 is 2.03 bits per heavy atom. The van der Waals surface area contributed by atoms with E-state index in [1.54, 1.807) is 46.2 Å². The number of rotatable bonds is 8. The Hall–Kier alpha value is -2.68. The van der Waals surface area contributed by atoms with Gasteiger partial charge in [0.1, 0.15) is 5.82 Å². The first-order valence-corrected chi connectivity index (χ1v) is 12.4. The molecule has 2 aromatic carbocycles. The third-order valence-electron chi connectivity index (χ3n) is 4.81. The minimum atomic E-state index is -0.243. The van der Waals surface area contributed by atoms with Crippen LogP contribution < -0.4 is 5.56 Å². The molecule has 6 nitrogen and oxygen atoms in total. The molecule has 2 heterocycles. The van der Waals surface area contributed by atoms with E-state index in [1.807, 2.05) is 42.1 Å². The molecule has 9 heteroatoms. The van der Waals surface area contributed by atoms with Crippen molar-refractivity contribution in [2.24, 2.45) is 0 Å². The number of aromatic nitrogens is 3. The van der Waals surface area contributed by atoms with Gasteiger partial charge >= 0.3 is 0 Å². The van der Waals surface area contributed by atoms with Crippen molar-refractivity contribution in [3.63, 3.8) is 0 Å². The highest BCUT2D eigenvalue weighted by atomic mass is 35.5. The molecule has 0 radical (unpaired) electrons. The molecule has 1 amide bonds. The average molecular weight is 485 g/mol. The normalized spacial score (nSPS) is 11.1. The molecule has 1 N–H and O–H groups in total. The van der Waals surface area contributed by atoms with Crippen LogP contribution >= 0.6 is 34.7 Å². The van der Waals surface area contributed by atoms with E-state index in [0.29, 0.717) is 33.9 Å². The third-order valence-corrected chi connectivity index (χ3v) is 6.73. The van der Waals surface area contributed by atoms with E-state index in [4.69, 9.17) is 11.6 Å². The number of nitrogens with one attached hydrogen (secondary N) is 1. The van der Waals surface area contributed by atoms with Gasteiger partial charge in [0, 0.05) is 33.2 Å². The lowest BCUT2D eigenvalue weighted by molar-refractivity contribution is 0.0739. The number of carbonyl (C=O) groups is 1. The van der Waals surface area contributed by atoms with Gasteiger partial charge < -0.3 is 9.88 Å². The number of fused-ring (bicyclic) bond motifs is 1. The molecule has 4 rings (SSSR count). The highest BCUT2D eigenvalue weighted by Gasteiger charge is 2.17. The monoisotopic (exact) mass is 484 g/mol. The molecule has 0 saturated heterocycles. The summed E-state index contributed by atoms with van der Waals surface area (Å²) in [4.78, 5) is 40.0. The van der Waals surface area contributed by atoms with Crippen molar-refractivity contribution >= 4 is 51.5 Å². The predicted molar refractivity (Wildman–Crippen MR) is 131 cm³/mol. The first-order valence-electron chi connectivity index (χ1n) is 10.1. The Bertz CT molecular complexity index is 1270. The van der Waals surface area contributed by atoms with Gasteiger partial charge in [0.25, 0.3) is 11.5 Å². The topological polar surface area (TPSA) is 79.0 Å². The summed E-state index contributed by atoms with van der Waals surface area (Å²) in [6.45, 7) is 2.77. The van der Waals surface area contributed by atoms with Crippen LogP contribution in [0.5, 0.6) is 0 Å². The van der Waals surface area contributed by atoms with Crippen molar-refractivity contribution in [3.8, 4) is 0 Å². The Labute approximate surface area is 198 Å². The maximum absolute atomic E-state index is 13.2. The molecule has 0 atom stereocenters. The Morgan fingerprint density at radius 3 is 2.75 bits per heavy atom. The maximum atomic E-state index is 13.2. The highest BCUT2D eigenvalue weighted by molar-refractivity contribution is 7.98. The summed E-state index contributed by atoms with van der Waals surface area (Å²) in [6.07, 6.45) is 0.789. The number of H-pyrrole nitrogens is 1. The molecule has 0 bridgehead atoms. The van der Waals surface area contributed by atoms with Gasteiger partial charge in [-0.25, -0.2) is 9.97 Å². The summed E-state index contributed by atoms with van der Waals surface area (Å²) < 4.78 is 0. The molecule has 0 aliphatic carbocycles. The summed E-state index contributed by atoms with van der Waals surface area (Å²) in [5.41, 5.74) is 3.75. The fraction of sp³-hybridized carbons (Fsp3) is 0.217. The van der Waals surface area contributed by atoms with Gasteiger partial charge in [0.05, 0.1) is 28.7 Å². The predicted octanol–water partition coefficient (Wildman–Crippen LogP) is 5.38. The van der Waals surface area contributed by atoms with Crippen LogP contribution in [0.2, 0.25) is 5.02 Å². The van der Waals surface area contributed by atoms with Crippen LogP contribution in [0.3, 0.4) is 0 Å². The fourth-order valence-electron chi connectivity index (χ4n) is 3.28. The quantitative estimate of drug-likeness (QED) is 0.340. The van der Waals surface area contributed by atoms with Crippen LogP contribution in [0.1, 0.15) is 35.2 Å². The van der Waals surface area contributed by atoms with Gasteiger partial charge in [-0.2, -0.15) is 0 Å². The zero-order chi connectivity index (χ0) is 22.5. The lowest BCUT2D eigenvalue weighted by atomic mass is 10.2. The van der Waals surface area contributed by atoms with Gasteiger partial charge in [-0.1, -0.05) is 18.5 Å². The second-order valence-corrected chi connectivity index (χ2v) is 9.40. The van der Waals surface area contributed by atoms with Crippen LogP contribution in [-0.2, 0) is 12.3 Å². The Balaban J connectivity index is 1.50. The van der Waals surface area contributed by atoms with Gasteiger partial charge in [-0.15, -0.1) is 23.1 Å². The number of nitrogens with zero attached hydrogens (tertiary/aromatic N) is 3. The van der Waals surface area contributed by atoms with E-state index >= 15 is 0 Å². The number of hydrogen-bond donors (Lipinski definition) is 1. The van der Waals surface area contributed by atoms with Crippen molar-refractivity contribution < 1.29 is 4.79 Å². The molecule has 32 heavy (non-hydrogen) atoms. The van der Waals surface area contributed by atoms with E-state index in [0.717, 1.165) is 22.8 Å². The van der Waals surface area contributed by atoms with Crippen molar-refractivity contribution in [1.29, 1.82) is 0 Å². The van der Waals surface area contributed by atoms with Crippen molar-refractivity contribution in [2.75, 3.05) is 6.54 Å². The lowest BCUT2D eigenvalue weighted by Gasteiger charge is -2.22. The van der Waals surface area contributed by atoms with Crippen LogP contribution in [0.4, 0.5) is 0 Å². The molecule has 4 aromatic rings. The smallest absolute Gasteiger partial charge is 0.258 e. The maximum Gasteiger partial charge on any atom is 0.258 e. The molecule has 0 saturated carbocycles. The number of benzene rings is 2. The summed E-state index contributed by atoms with van der Waals surface area (Å²) in [6, 6.07) is 12.5. The van der Waals surface area contributed by atoms with Crippen molar-refractivity contribution in [3.05, 3.63) is 85.8 Å². The van der Waals surface area contributed by atoms with Crippen molar-refractivity contribution in [1.82, 2.24) is 19.9 Å². The standard InChI is InChI=1S/C23H21ClN4O2S2/c1-2-9-28(11-21-26-20-10-16(24)5-8-19(20)22(29)27-21)23(30)15-3-6-18(7-4-15)32-13-17-12-31-14-25-17/h3-8,10,12,14H,2,9,11,13H2,1H3,(H,26,27,29). The van der Waals surface area contributed by atoms with Gasteiger partial charge in [0.15, 0.2) is 0 Å². The minimum Gasteiger partial charge on any atom is -0.331 e. The molecule has 0 unspecified atom stereocenters. The van der Waals surface area contributed by atoms with Gasteiger partial charge in [0.2, 0.25) is 0 Å². The average Bonchev–Trinajstić information content (AvgIpc) is 3.31. The van der Waals surface area contributed by atoms with E-state index in [1.165, 1.54) is 0 Å². The van der Waals surface area contributed by atoms with E-state index < -0.39 is 0 Å². The Kier molecular flexibility index (Phi) is 7.24. The molecule has 164 valence electrons. The SMILES string of the molecule is CCCN(Cc1nc2cc(Cl)ccc2c(=O)[nH]1)C(=O)c1ccc(SCc2cscn2)cc1. The number of amides is 1. The number of thiazole rings is 1. The zero-order valence-corrected chi connectivity index (χ0v) is 19.8. The van der Waals surface area contributed by atoms with Crippen LogP contribution in [0, 0.1) is 0 Å². The number of carbonyl (C=O) groups excluding carboxylic acids is 1. The third kappa shape index (κ3) is 5.38. The van der Waals surface area contributed by atoms with Gasteiger partial charge in [-0.3, -0.25) is 9.59 Å². The summed E-state index contributed by atoms with van der Waals surface area (Å²) >= 11 is 9.32. The number of halogens is 1. The molecule has 2 aromatic heterocycles. The van der Waals surface area contributed by atoms with Crippen molar-refractivity contribution in [2.45, 2.75) is 30.5 Å². The molecular weight excluding hydrogens is 464 g/mol. The second-order valence-electron chi connectivity index (χ2n) is 7.19. The van der Waals surface area contributed by atoms with E-state index in [9.17, 15) is 9.59 Å². The molecule has 0 aliphatic heterocycles. The van der Waals surface area contributed by atoms with E-state index in [-0.39, 0.29) is 18.0 Å². The summed E-state index contributed by atoms with van der Waals surface area (Å²) in [5.74, 6) is 1.13. The molecule has 0 spiro atoms. The van der Waals surface area contributed by atoms with E-state index in [2.05, 4.69) is 15.0 Å². The second kappa shape index (κ2) is 10.3. The molecule has 0 fully saturated rings. The lowest BCUT2D eigenvalue weighted by Crippen LogP contribution is -2.32. The number of aromatic amines is 1. The highest BCUT2D eigenvalue weighted by Crippen LogP contribution is 2.23. The zero-order valence-electron chi connectivity index (χ0n) is 17.4. The number of thioether (sulfide) groups is 1. The van der Waals surface area contributed by atoms with Crippen LogP contribution in [0.25, 0.3) is 10.9 Å². The van der Waals surface area contributed by atoms with Crippen LogP contribution in [0.15, 0.2) is 63.0 Å². The van der Waals surface area contributed by atoms with Crippen LogP contribution in [-0.4, -0.2) is 32.3 Å². The molecular formula is C23H21ClN4O2S2. The Morgan fingerprint density at radius 1 is 1.22 bits per heavy atom. The minimum absolute atomic E-state index is 0.100.